The molecular weight excluding hydrogens is 292 g/mol. The highest BCUT2D eigenvalue weighted by atomic mass is 16.3. The summed E-state index contributed by atoms with van der Waals surface area (Å²) in [6, 6.07) is 1.99. The number of nitrogens with zero attached hydrogens (tertiary/aromatic N) is 1. The molecular formula is C18H28N2O3. The normalized spacial score (nSPS) is 15.3. The number of nitrogens with one attached hydrogen (secondary N) is 1. The van der Waals surface area contributed by atoms with E-state index in [4.69, 9.17) is 4.42 Å². The Labute approximate surface area is 138 Å². The lowest BCUT2D eigenvalue weighted by Gasteiger charge is -2.25. The van der Waals surface area contributed by atoms with Crippen molar-refractivity contribution >= 4 is 11.8 Å². The van der Waals surface area contributed by atoms with E-state index in [9.17, 15) is 9.59 Å². The summed E-state index contributed by atoms with van der Waals surface area (Å²) in [5, 5.41) is 3.11. The summed E-state index contributed by atoms with van der Waals surface area (Å²) in [7, 11) is 0. The Kier molecular flexibility index (Phi) is 7.17. The zero-order chi connectivity index (χ0) is 16.5. The van der Waals surface area contributed by atoms with E-state index in [1.165, 1.54) is 31.8 Å². The van der Waals surface area contributed by atoms with Crippen LogP contribution in [-0.4, -0.2) is 35.8 Å². The fourth-order valence-electron chi connectivity index (χ4n) is 3.02. The number of carbonyl (C=O) groups is 2. The van der Waals surface area contributed by atoms with E-state index in [2.05, 4.69) is 12.2 Å². The zero-order valence-electron chi connectivity index (χ0n) is 14.1. The number of furan rings is 1. The van der Waals surface area contributed by atoms with Crippen LogP contribution >= 0.6 is 0 Å². The number of carbonyl (C=O) groups excluding carboxylic acids is 2. The van der Waals surface area contributed by atoms with Gasteiger partial charge in [-0.1, -0.05) is 32.6 Å². The van der Waals surface area contributed by atoms with Crippen LogP contribution in [-0.2, 0) is 4.79 Å². The molecule has 0 aliphatic heterocycles. The Hall–Kier alpha value is -1.78. The van der Waals surface area contributed by atoms with Gasteiger partial charge in [0.1, 0.15) is 6.26 Å². The van der Waals surface area contributed by atoms with E-state index in [0.717, 1.165) is 25.7 Å². The number of hydrogen-bond donors (Lipinski definition) is 1. The highest BCUT2D eigenvalue weighted by Crippen LogP contribution is 2.17. The molecule has 0 saturated heterocycles. The number of amides is 2. The van der Waals surface area contributed by atoms with Gasteiger partial charge in [0.25, 0.3) is 5.91 Å². The Bertz CT molecular complexity index is 478. The highest BCUT2D eigenvalue weighted by Gasteiger charge is 2.19. The average Bonchev–Trinajstić information content (AvgIpc) is 3.10. The van der Waals surface area contributed by atoms with Gasteiger partial charge in [-0.3, -0.25) is 9.59 Å². The Morgan fingerprint density at radius 1 is 1.26 bits per heavy atom. The van der Waals surface area contributed by atoms with Gasteiger partial charge in [0.2, 0.25) is 5.91 Å². The molecule has 0 radical (unpaired) electrons. The third-order valence-electron chi connectivity index (χ3n) is 4.42. The van der Waals surface area contributed by atoms with Gasteiger partial charge in [0.05, 0.1) is 11.8 Å². The van der Waals surface area contributed by atoms with Crippen LogP contribution in [0.2, 0.25) is 0 Å². The lowest BCUT2D eigenvalue weighted by Crippen LogP contribution is -2.39. The summed E-state index contributed by atoms with van der Waals surface area (Å²) in [6.07, 6.45) is 11.1. The van der Waals surface area contributed by atoms with Crippen molar-refractivity contribution in [2.24, 2.45) is 0 Å². The van der Waals surface area contributed by atoms with Crippen LogP contribution in [0, 0.1) is 0 Å². The summed E-state index contributed by atoms with van der Waals surface area (Å²) >= 11 is 0. The molecule has 0 bridgehead atoms. The molecule has 5 nitrogen and oxygen atoms in total. The third-order valence-corrected chi connectivity index (χ3v) is 4.42. The van der Waals surface area contributed by atoms with Crippen LogP contribution in [0.1, 0.15) is 68.6 Å². The monoisotopic (exact) mass is 320 g/mol. The van der Waals surface area contributed by atoms with Gasteiger partial charge in [0, 0.05) is 25.6 Å². The standard InChI is InChI=1S/C18H28N2O3/c1-2-3-11-20(18(22)15-10-13-23-14-15)12-9-17(21)19-16-7-5-4-6-8-16/h10,13-14,16H,2-9,11-12H2,1H3,(H,19,21). The van der Waals surface area contributed by atoms with E-state index in [-0.39, 0.29) is 11.8 Å². The molecule has 1 aliphatic rings. The molecule has 1 N–H and O–H groups in total. The van der Waals surface area contributed by atoms with Crippen LogP contribution in [0.4, 0.5) is 0 Å². The minimum atomic E-state index is -0.0577. The topological polar surface area (TPSA) is 62.6 Å². The van der Waals surface area contributed by atoms with E-state index in [0.29, 0.717) is 31.1 Å². The number of rotatable bonds is 8. The molecule has 128 valence electrons. The van der Waals surface area contributed by atoms with Crippen LogP contribution in [0.15, 0.2) is 23.0 Å². The van der Waals surface area contributed by atoms with Crippen molar-refractivity contribution in [3.63, 3.8) is 0 Å². The summed E-state index contributed by atoms with van der Waals surface area (Å²) in [6.45, 7) is 3.23. The number of hydrogen-bond acceptors (Lipinski definition) is 3. The quantitative estimate of drug-likeness (QED) is 0.799. The van der Waals surface area contributed by atoms with Crippen molar-refractivity contribution in [1.82, 2.24) is 10.2 Å². The largest absolute Gasteiger partial charge is 0.472 e. The first kappa shape index (κ1) is 17.6. The maximum absolute atomic E-state index is 12.4. The number of unbranched alkanes of at least 4 members (excludes halogenated alkanes) is 1. The predicted octanol–water partition coefficient (Wildman–Crippen LogP) is 3.36. The molecule has 2 rings (SSSR count). The molecule has 0 spiro atoms. The second-order valence-corrected chi connectivity index (χ2v) is 6.31. The first-order chi connectivity index (χ1) is 11.2. The lowest BCUT2D eigenvalue weighted by atomic mass is 9.95. The molecule has 1 aromatic heterocycles. The Balaban J connectivity index is 1.82. The molecule has 1 fully saturated rings. The molecule has 0 unspecified atom stereocenters. The lowest BCUT2D eigenvalue weighted by molar-refractivity contribution is -0.122. The summed E-state index contributed by atoms with van der Waals surface area (Å²) in [4.78, 5) is 26.3. The fourth-order valence-corrected chi connectivity index (χ4v) is 3.02. The molecule has 2 amide bonds. The van der Waals surface area contributed by atoms with E-state index >= 15 is 0 Å². The maximum atomic E-state index is 12.4. The van der Waals surface area contributed by atoms with Gasteiger partial charge in [-0.15, -0.1) is 0 Å². The molecule has 5 heteroatoms. The van der Waals surface area contributed by atoms with Crippen LogP contribution in [0.5, 0.6) is 0 Å². The second kappa shape index (κ2) is 9.38. The van der Waals surface area contributed by atoms with Crippen molar-refractivity contribution in [2.75, 3.05) is 13.1 Å². The molecule has 1 aromatic rings. The van der Waals surface area contributed by atoms with Gasteiger partial charge >= 0.3 is 0 Å². The fraction of sp³-hybridized carbons (Fsp3) is 0.667. The van der Waals surface area contributed by atoms with E-state index < -0.39 is 0 Å². The first-order valence-corrected chi connectivity index (χ1v) is 8.81. The minimum Gasteiger partial charge on any atom is -0.472 e. The molecule has 1 heterocycles. The zero-order valence-corrected chi connectivity index (χ0v) is 14.1. The molecule has 1 saturated carbocycles. The second-order valence-electron chi connectivity index (χ2n) is 6.31. The van der Waals surface area contributed by atoms with Crippen molar-refractivity contribution in [1.29, 1.82) is 0 Å². The minimum absolute atomic E-state index is 0.0541. The predicted molar refractivity (Wildman–Crippen MR) is 89.2 cm³/mol. The van der Waals surface area contributed by atoms with Gasteiger partial charge < -0.3 is 14.6 Å². The maximum Gasteiger partial charge on any atom is 0.257 e. The smallest absolute Gasteiger partial charge is 0.257 e. The van der Waals surface area contributed by atoms with Crippen molar-refractivity contribution < 1.29 is 14.0 Å². The van der Waals surface area contributed by atoms with Gasteiger partial charge in [0.15, 0.2) is 0 Å². The summed E-state index contributed by atoms with van der Waals surface area (Å²) in [5.74, 6) is -0.00365. The van der Waals surface area contributed by atoms with Crippen molar-refractivity contribution in [3.8, 4) is 0 Å². The van der Waals surface area contributed by atoms with Crippen molar-refractivity contribution in [2.45, 2.75) is 64.3 Å². The van der Waals surface area contributed by atoms with Gasteiger partial charge in [-0.05, 0) is 25.3 Å². The Morgan fingerprint density at radius 3 is 2.70 bits per heavy atom. The summed E-state index contributed by atoms with van der Waals surface area (Å²) in [5.41, 5.74) is 0.550. The van der Waals surface area contributed by atoms with Crippen LogP contribution < -0.4 is 5.32 Å². The SMILES string of the molecule is CCCCN(CCC(=O)NC1CCCCC1)C(=O)c1ccoc1. The van der Waals surface area contributed by atoms with E-state index in [1.807, 2.05) is 0 Å². The van der Waals surface area contributed by atoms with Gasteiger partial charge in [-0.2, -0.15) is 0 Å². The molecule has 0 aromatic carbocycles. The molecule has 23 heavy (non-hydrogen) atoms. The highest BCUT2D eigenvalue weighted by molar-refractivity contribution is 5.94. The van der Waals surface area contributed by atoms with Crippen LogP contribution in [0.3, 0.4) is 0 Å². The molecule has 0 atom stereocenters. The van der Waals surface area contributed by atoms with Gasteiger partial charge in [-0.25, -0.2) is 0 Å². The van der Waals surface area contributed by atoms with Crippen molar-refractivity contribution in [3.05, 3.63) is 24.2 Å². The first-order valence-electron chi connectivity index (χ1n) is 8.81. The molecule has 1 aliphatic carbocycles. The average molecular weight is 320 g/mol. The third kappa shape index (κ3) is 5.73. The van der Waals surface area contributed by atoms with Crippen LogP contribution in [0.25, 0.3) is 0 Å². The summed E-state index contributed by atoms with van der Waals surface area (Å²) < 4.78 is 4.99. The van der Waals surface area contributed by atoms with E-state index in [1.54, 1.807) is 11.0 Å². The Morgan fingerprint density at radius 2 is 2.04 bits per heavy atom.